The summed E-state index contributed by atoms with van der Waals surface area (Å²) in [6.45, 7) is 0. The highest BCUT2D eigenvalue weighted by atomic mass is 35.5. The van der Waals surface area contributed by atoms with Crippen LogP contribution in [0.1, 0.15) is 6.42 Å². The van der Waals surface area contributed by atoms with Crippen LogP contribution in [0.2, 0.25) is 0 Å². The minimum Gasteiger partial charge on any atom is -0.480 e. The summed E-state index contributed by atoms with van der Waals surface area (Å²) in [5, 5.41) is 8.19. The Morgan fingerprint density at radius 3 is 2.36 bits per heavy atom. The van der Waals surface area contributed by atoms with E-state index in [0.717, 1.165) is 0 Å². The van der Waals surface area contributed by atoms with Gasteiger partial charge in [-0.05, 0) is 0 Å². The van der Waals surface area contributed by atoms with Gasteiger partial charge in [-0.15, -0.1) is 12.4 Å². The van der Waals surface area contributed by atoms with Crippen LogP contribution in [0.3, 0.4) is 0 Å². The quantitative estimate of drug-likeness (QED) is 0.570. The lowest BCUT2D eigenvalue weighted by molar-refractivity contribution is -0.146. The van der Waals surface area contributed by atoms with Gasteiger partial charge in [0, 0.05) is 0 Å². The fourth-order valence-corrected chi connectivity index (χ4v) is 0.350. The van der Waals surface area contributed by atoms with Crippen LogP contribution in [0.25, 0.3) is 0 Å². The normalized spacial score (nSPS) is 11.1. The molecule has 0 aliphatic heterocycles. The Morgan fingerprint density at radius 2 is 2.09 bits per heavy atom. The van der Waals surface area contributed by atoms with Gasteiger partial charge in [0.15, 0.2) is 0 Å². The summed E-state index contributed by atoms with van der Waals surface area (Å²) in [5.74, 6) is -1.82. The van der Waals surface area contributed by atoms with Crippen LogP contribution in [0.15, 0.2) is 0 Å². The number of ether oxygens (including phenoxy) is 1. The zero-order valence-electron chi connectivity index (χ0n) is 5.94. The van der Waals surface area contributed by atoms with Crippen molar-refractivity contribution in [2.75, 3.05) is 7.11 Å². The Labute approximate surface area is 69.9 Å². The predicted octanol–water partition coefficient (Wildman–Crippen LogP) is -0.617. The first-order valence-electron chi connectivity index (χ1n) is 2.63. The Morgan fingerprint density at radius 1 is 1.64 bits per heavy atom. The minimum absolute atomic E-state index is 0. The van der Waals surface area contributed by atoms with Crippen molar-refractivity contribution in [1.29, 1.82) is 0 Å². The van der Waals surface area contributed by atoms with Crippen molar-refractivity contribution in [2.24, 2.45) is 5.73 Å². The van der Waals surface area contributed by atoms with Crippen molar-refractivity contribution < 1.29 is 19.4 Å². The lowest BCUT2D eigenvalue weighted by Gasteiger charge is -2.02. The summed E-state index contributed by atoms with van der Waals surface area (Å²) >= 11 is 0. The number of carbonyl (C=O) groups excluding carboxylic acids is 1. The number of hydrogen-bond acceptors (Lipinski definition) is 4. The van der Waals surface area contributed by atoms with Crippen molar-refractivity contribution >= 4 is 24.3 Å². The molecule has 0 aromatic heterocycles. The number of hydrogen-bond donors (Lipinski definition) is 2. The molecule has 0 saturated carbocycles. The van der Waals surface area contributed by atoms with E-state index in [1.165, 1.54) is 7.11 Å². The third-order valence-electron chi connectivity index (χ3n) is 0.931. The molecule has 0 rings (SSSR count). The molecule has 0 aliphatic carbocycles. The van der Waals surface area contributed by atoms with Crippen LogP contribution in [-0.4, -0.2) is 30.2 Å². The van der Waals surface area contributed by atoms with E-state index in [0.29, 0.717) is 0 Å². The Balaban J connectivity index is 0. The largest absolute Gasteiger partial charge is 0.480 e. The van der Waals surface area contributed by atoms with E-state index < -0.39 is 18.0 Å². The first kappa shape index (κ1) is 12.8. The van der Waals surface area contributed by atoms with E-state index in [4.69, 9.17) is 10.8 Å². The van der Waals surface area contributed by atoms with E-state index >= 15 is 0 Å². The Bertz CT molecular complexity index is 149. The molecule has 0 radical (unpaired) electrons. The maximum atomic E-state index is 10.4. The highest BCUT2D eigenvalue weighted by Gasteiger charge is 2.15. The monoisotopic (exact) mass is 183 g/mol. The van der Waals surface area contributed by atoms with Gasteiger partial charge in [0.2, 0.25) is 0 Å². The molecule has 0 saturated heterocycles. The van der Waals surface area contributed by atoms with Crippen LogP contribution in [0.4, 0.5) is 0 Å². The second kappa shape index (κ2) is 5.94. The maximum Gasteiger partial charge on any atom is 0.321 e. The van der Waals surface area contributed by atoms with Gasteiger partial charge in [-0.1, -0.05) is 0 Å². The number of rotatable bonds is 3. The van der Waals surface area contributed by atoms with Gasteiger partial charge < -0.3 is 15.6 Å². The molecule has 0 spiro atoms. The van der Waals surface area contributed by atoms with E-state index in [2.05, 4.69) is 4.74 Å². The molecule has 66 valence electrons. The van der Waals surface area contributed by atoms with Crippen molar-refractivity contribution in [3.8, 4) is 0 Å². The van der Waals surface area contributed by atoms with E-state index in [1.54, 1.807) is 0 Å². The van der Waals surface area contributed by atoms with Gasteiger partial charge in [-0.2, -0.15) is 0 Å². The second-order valence-corrected chi connectivity index (χ2v) is 1.72. The average Bonchev–Trinajstić information content (AvgIpc) is 1.87. The molecule has 0 aromatic rings. The highest BCUT2D eigenvalue weighted by molar-refractivity contribution is 5.85. The van der Waals surface area contributed by atoms with Gasteiger partial charge in [0.25, 0.3) is 0 Å². The molecule has 0 aliphatic rings. The minimum atomic E-state index is -1.20. The van der Waals surface area contributed by atoms with Gasteiger partial charge in [-0.3, -0.25) is 9.59 Å². The molecule has 6 heteroatoms. The van der Waals surface area contributed by atoms with Gasteiger partial charge in [0.05, 0.1) is 13.5 Å². The number of halogens is 1. The highest BCUT2D eigenvalue weighted by Crippen LogP contribution is 1.89. The SMILES string of the molecule is COC(=O)C[C@@H](N)C(=O)O.Cl. The smallest absolute Gasteiger partial charge is 0.321 e. The van der Waals surface area contributed by atoms with Crippen LogP contribution < -0.4 is 5.73 Å². The van der Waals surface area contributed by atoms with Crippen LogP contribution >= 0.6 is 12.4 Å². The van der Waals surface area contributed by atoms with Gasteiger partial charge >= 0.3 is 11.9 Å². The fraction of sp³-hybridized carbons (Fsp3) is 0.600. The molecule has 0 unspecified atom stereocenters. The number of aliphatic carboxylic acids is 1. The Kier molecular flexibility index (Phi) is 6.92. The molecule has 0 amide bonds. The van der Waals surface area contributed by atoms with Crippen molar-refractivity contribution in [2.45, 2.75) is 12.5 Å². The van der Waals surface area contributed by atoms with Crippen LogP contribution in [-0.2, 0) is 14.3 Å². The summed E-state index contributed by atoms with van der Waals surface area (Å²) in [4.78, 5) is 20.4. The molecular formula is C5H10ClNO4. The first-order chi connectivity index (χ1) is 4.57. The van der Waals surface area contributed by atoms with Crippen LogP contribution in [0.5, 0.6) is 0 Å². The Hall–Kier alpha value is -0.810. The van der Waals surface area contributed by atoms with E-state index in [9.17, 15) is 9.59 Å². The third-order valence-corrected chi connectivity index (χ3v) is 0.931. The van der Waals surface area contributed by atoms with Gasteiger partial charge in [0.1, 0.15) is 6.04 Å². The molecule has 5 nitrogen and oxygen atoms in total. The summed E-state index contributed by atoms with van der Waals surface area (Å²) in [5.41, 5.74) is 4.99. The lowest BCUT2D eigenvalue weighted by atomic mass is 10.2. The number of carboxylic acids is 1. The van der Waals surface area contributed by atoms with Crippen LogP contribution in [0, 0.1) is 0 Å². The third kappa shape index (κ3) is 5.63. The molecule has 0 heterocycles. The zero-order chi connectivity index (χ0) is 8.15. The first-order valence-corrected chi connectivity index (χ1v) is 2.63. The number of carbonyl (C=O) groups is 2. The lowest BCUT2D eigenvalue weighted by Crippen LogP contribution is -2.32. The molecule has 0 aromatic carbocycles. The number of esters is 1. The molecule has 0 bridgehead atoms. The second-order valence-electron chi connectivity index (χ2n) is 1.72. The van der Waals surface area contributed by atoms with E-state index in [-0.39, 0.29) is 18.8 Å². The standard InChI is InChI=1S/C5H9NO4.ClH/c1-10-4(7)2-3(6)5(8)9;/h3H,2,6H2,1H3,(H,8,9);1H/t3-;/m1./s1. The van der Waals surface area contributed by atoms with Crippen molar-refractivity contribution in [3.05, 3.63) is 0 Å². The van der Waals surface area contributed by atoms with Gasteiger partial charge in [-0.25, -0.2) is 0 Å². The summed E-state index contributed by atoms with van der Waals surface area (Å²) in [6.07, 6.45) is -0.286. The molecule has 0 fully saturated rings. The number of methoxy groups -OCH3 is 1. The molecule has 3 N–H and O–H groups in total. The fourth-order valence-electron chi connectivity index (χ4n) is 0.350. The number of nitrogens with two attached hydrogens (primary N) is 1. The molecule has 1 atom stereocenters. The molecular weight excluding hydrogens is 174 g/mol. The summed E-state index contributed by atoms with van der Waals surface area (Å²) in [6, 6.07) is -1.16. The average molecular weight is 184 g/mol. The summed E-state index contributed by atoms with van der Waals surface area (Å²) < 4.78 is 4.19. The molecule has 11 heavy (non-hydrogen) atoms. The summed E-state index contributed by atoms with van der Waals surface area (Å²) in [7, 11) is 1.18. The zero-order valence-corrected chi connectivity index (χ0v) is 6.76. The van der Waals surface area contributed by atoms with Crippen molar-refractivity contribution in [3.63, 3.8) is 0 Å². The van der Waals surface area contributed by atoms with Crippen molar-refractivity contribution in [1.82, 2.24) is 0 Å². The number of carboxylic acid groups (broad SMARTS) is 1. The maximum absolute atomic E-state index is 10.4. The predicted molar refractivity (Wildman–Crippen MR) is 39.5 cm³/mol. The van der Waals surface area contributed by atoms with E-state index in [1.807, 2.05) is 0 Å². The topological polar surface area (TPSA) is 89.6 Å².